The maximum atomic E-state index is 12.6. The van der Waals surface area contributed by atoms with Crippen molar-refractivity contribution in [3.63, 3.8) is 0 Å². The highest BCUT2D eigenvalue weighted by atomic mass is 32.2. The van der Waals surface area contributed by atoms with Gasteiger partial charge in [0.25, 0.3) is 5.91 Å². The fourth-order valence-corrected chi connectivity index (χ4v) is 3.84. The highest BCUT2D eigenvalue weighted by Crippen LogP contribution is 2.30. The van der Waals surface area contributed by atoms with Crippen molar-refractivity contribution in [2.45, 2.75) is 31.1 Å². The minimum absolute atomic E-state index is 0.0213. The van der Waals surface area contributed by atoms with Crippen LogP contribution in [-0.4, -0.2) is 41.6 Å². The molecule has 0 aliphatic heterocycles. The molecule has 2 aromatic rings. The van der Waals surface area contributed by atoms with Crippen molar-refractivity contribution in [2.75, 3.05) is 27.3 Å². The first kappa shape index (κ1) is 22.7. The lowest BCUT2D eigenvalue weighted by Crippen LogP contribution is -2.29. The summed E-state index contributed by atoms with van der Waals surface area (Å²) in [5.74, 6) is 0.594. The maximum Gasteiger partial charge on any atom is 0.254 e. The molecule has 0 spiro atoms. The fraction of sp³-hybridized carbons (Fsp3) is 0.381. The van der Waals surface area contributed by atoms with E-state index in [1.807, 2.05) is 24.3 Å². The van der Waals surface area contributed by atoms with Gasteiger partial charge < -0.3 is 14.8 Å². The average molecular weight is 421 g/mol. The Labute approximate surface area is 172 Å². The molecule has 0 fully saturated rings. The smallest absolute Gasteiger partial charge is 0.254 e. The Morgan fingerprint density at radius 2 is 1.76 bits per heavy atom. The quantitative estimate of drug-likeness (QED) is 0.641. The largest absolute Gasteiger partial charge is 0.496 e. The summed E-state index contributed by atoms with van der Waals surface area (Å²) in [6, 6.07) is 11.8. The van der Waals surface area contributed by atoms with Crippen LogP contribution in [0.25, 0.3) is 0 Å². The van der Waals surface area contributed by atoms with Crippen LogP contribution < -0.4 is 19.5 Å². The summed E-state index contributed by atoms with van der Waals surface area (Å²) in [4.78, 5) is 12.0. The maximum absolute atomic E-state index is 12.6. The molecule has 2 aromatic carbocycles. The van der Waals surface area contributed by atoms with Gasteiger partial charge in [0.2, 0.25) is 10.0 Å². The summed E-state index contributed by atoms with van der Waals surface area (Å²) in [7, 11) is -0.924. The Balaban J connectivity index is 2.07. The van der Waals surface area contributed by atoms with Gasteiger partial charge >= 0.3 is 0 Å². The molecule has 2 N–H and O–H groups in total. The lowest BCUT2D eigenvalue weighted by molar-refractivity contribution is 0.0960. The summed E-state index contributed by atoms with van der Waals surface area (Å²) in [5.41, 5.74) is 1.11. The Morgan fingerprint density at radius 3 is 2.38 bits per heavy atom. The number of rotatable bonds is 8. The van der Waals surface area contributed by atoms with E-state index in [0.717, 1.165) is 11.3 Å². The van der Waals surface area contributed by atoms with E-state index >= 15 is 0 Å². The van der Waals surface area contributed by atoms with Gasteiger partial charge in [0.05, 0.1) is 17.6 Å². The lowest BCUT2D eigenvalue weighted by Gasteiger charge is -2.22. The van der Waals surface area contributed by atoms with E-state index in [-0.39, 0.29) is 29.0 Å². The molecule has 0 saturated heterocycles. The minimum Gasteiger partial charge on any atom is -0.496 e. The zero-order valence-corrected chi connectivity index (χ0v) is 18.2. The number of benzene rings is 2. The third-order valence-corrected chi connectivity index (χ3v) is 5.76. The number of methoxy groups -OCH3 is 1. The molecule has 2 rings (SSSR count). The van der Waals surface area contributed by atoms with Gasteiger partial charge in [-0.2, -0.15) is 0 Å². The van der Waals surface area contributed by atoms with Crippen molar-refractivity contribution >= 4 is 15.9 Å². The van der Waals surface area contributed by atoms with Gasteiger partial charge in [-0.1, -0.05) is 39.0 Å². The lowest BCUT2D eigenvalue weighted by atomic mass is 9.86. The number of hydrogen-bond donors (Lipinski definition) is 2. The molecule has 0 bridgehead atoms. The second kappa shape index (κ2) is 9.28. The highest BCUT2D eigenvalue weighted by Gasteiger charge is 2.20. The Kier molecular flexibility index (Phi) is 7.26. The van der Waals surface area contributed by atoms with Crippen LogP contribution in [0, 0.1) is 0 Å². The van der Waals surface area contributed by atoms with Crippen LogP contribution >= 0.6 is 0 Å². The first-order chi connectivity index (χ1) is 13.6. The molecule has 0 radical (unpaired) electrons. The fourth-order valence-electron chi connectivity index (χ4n) is 2.80. The molecule has 0 aliphatic rings. The first-order valence-electron chi connectivity index (χ1n) is 9.22. The van der Waals surface area contributed by atoms with Gasteiger partial charge in [0, 0.05) is 13.6 Å². The predicted octanol–water partition coefficient (Wildman–Crippen LogP) is 2.71. The van der Waals surface area contributed by atoms with Crippen molar-refractivity contribution in [3.05, 3.63) is 53.6 Å². The van der Waals surface area contributed by atoms with Crippen molar-refractivity contribution in [1.82, 2.24) is 10.0 Å². The van der Waals surface area contributed by atoms with Crippen LogP contribution in [0.5, 0.6) is 11.5 Å². The van der Waals surface area contributed by atoms with Gasteiger partial charge in [-0.05, 0) is 35.2 Å². The monoisotopic (exact) mass is 420 g/mol. The molecule has 158 valence electrons. The summed E-state index contributed by atoms with van der Waals surface area (Å²) >= 11 is 0. The second-order valence-corrected chi connectivity index (χ2v) is 9.20. The van der Waals surface area contributed by atoms with Gasteiger partial charge in [-0.3, -0.25) is 4.79 Å². The summed E-state index contributed by atoms with van der Waals surface area (Å²) in [6.07, 6.45) is 0. The molecule has 0 atom stereocenters. The van der Waals surface area contributed by atoms with Gasteiger partial charge in [0.15, 0.2) is 0 Å². The van der Waals surface area contributed by atoms with Crippen LogP contribution in [0.3, 0.4) is 0 Å². The highest BCUT2D eigenvalue weighted by molar-refractivity contribution is 7.89. The van der Waals surface area contributed by atoms with Gasteiger partial charge in [0.1, 0.15) is 18.1 Å². The Morgan fingerprint density at radius 1 is 1.07 bits per heavy atom. The number of ether oxygens (including phenoxy) is 2. The van der Waals surface area contributed by atoms with Crippen LogP contribution in [0.4, 0.5) is 0 Å². The molecule has 8 heteroatoms. The Hall–Kier alpha value is -2.58. The van der Waals surface area contributed by atoms with Crippen LogP contribution in [0.15, 0.2) is 47.4 Å². The summed E-state index contributed by atoms with van der Waals surface area (Å²) in [5, 5.41) is 2.47. The van der Waals surface area contributed by atoms with Crippen molar-refractivity contribution in [1.29, 1.82) is 0 Å². The summed E-state index contributed by atoms with van der Waals surface area (Å²) in [6.45, 7) is 6.52. The second-order valence-electron chi connectivity index (χ2n) is 7.43. The van der Waals surface area contributed by atoms with Crippen LogP contribution in [0.2, 0.25) is 0 Å². The number of nitrogens with one attached hydrogen (secondary N) is 2. The van der Waals surface area contributed by atoms with E-state index in [4.69, 9.17) is 9.47 Å². The van der Waals surface area contributed by atoms with Crippen molar-refractivity contribution in [2.24, 2.45) is 0 Å². The van der Waals surface area contributed by atoms with E-state index in [9.17, 15) is 13.2 Å². The van der Waals surface area contributed by atoms with E-state index in [1.54, 1.807) is 0 Å². The summed E-state index contributed by atoms with van der Waals surface area (Å²) < 4.78 is 38.6. The molecule has 0 unspecified atom stereocenters. The number of carbonyl (C=O) groups is 1. The van der Waals surface area contributed by atoms with E-state index in [2.05, 4.69) is 30.8 Å². The normalized spacial score (nSPS) is 11.8. The average Bonchev–Trinajstić information content (AvgIpc) is 2.69. The number of para-hydroxylation sites is 1. The zero-order chi connectivity index (χ0) is 21.7. The van der Waals surface area contributed by atoms with Crippen molar-refractivity contribution in [3.8, 4) is 11.5 Å². The zero-order valence-electron chi connectivity index (χ0n) is 17.4. The molecule has 7 nitrogen and oxygen atoms in total. The molecule has 1 amide bonds. The van der Waals surface area contributed by atoms with Gasteiger partial charge in [-0.15, -0.1) is 0 Å². The molecular formula is C21H28N2O5S. The molecule has 0 aromatic heterocycles. The van der Waals surface area contributed by atoms with E-state index < -0.39 is 15.9 Å². The third-order valence-electron chi connectivity index (χ3n) is 4.30. The number of carbonyl (C=O) groups excluding carboxylic acids is 1. The van der Waals surface area contributed by atoms with E-state index in [0.29, 0.717) is 5.75 Å². The Bertz CT molecular complexity index is 965. The predicted molar refractivity (Wildman–Crippen MR) is 112 cm³/mol. The number of sulfonamides is 1. The molecular weight excluding hydrogens is 392 g/mol. The standard InChI is InChI=1S/C21H28N2O5S/c1-21(2,3)17-8-6-7-9-19(17)28-13-12-23-29(25,26)15-10-11-18(27-5)16(14-15)20(24)22-4/h6-11,14,23H,12-13H2,1-5H3,(H,22,24). The first-order valence-corrected chi connectivity index (χ1v) is 10.7. The van der Waals surface area contributed by atoms with Gasteiger partial charge in [-0.25, -0.2) is 13.1 Å². The number of hydrogen-bond acceptors (Lipinski definition) is 5. The SMILES string of the molecule is CNC(=O)c1cc(S(=O)(=O)NCCOc2ccccc2C(C)(C)C)ccc1OC. The van der Waals surface area contributed by atoms with E-state index in [1.165, 1.54) is 32.4 Å². The minimum atomic E-state index is -3.81. The third kappa shape index (κ3) is 5.71. The molecule has 0 heterocycles. The molecule has 0 saturated carbocycles. The molecule has 0 aliphatic carbocycles. The van der Waals surface area contributed by atoms with Crippen LogP contribution in [0.1, 0.15) is 36.7 Å². The molecule has 29 heavy (non-hydrogen) atoms. The topological polar surface area (TPSA) is 93.7 Å². The number of amides is 1. The van der Waals surface area contributed by atoms with Crippen molar-refractivity contribution < 1.29 is 22.7 Å². The van der Waals surface area contributed by atoms with Crippen LogP contribution in [-0.2, 0) is 15.4 Å².